The number of hydrogen-bond acceptors (Lipinski definition) is 3. The zero-order chi connectivity index (χ0) is 15.6. The molecule has 1 N–H and O–H groups in total. The maximum atomic E-state index is 12.4. The molecule has 1 heterocycles. The Labute approximate surface area is 127 Å². The van der Waals surface area contributed by atoms with Crippen LogP contribution in [-0.2, 0) is 9.53 Å². The number of amides is 1. The second-order valence-electron chi connectivity index (χ2n) is 6.20. The van der Waals surface area contributed by atoms with Gasteiger partial charge < -0.3 is 9.64 Å². The molecule has 0 radical (unpaired) electrons. The molecule has 0 aromatic heterocycles. The van der Waals surface area contributed by atoms with E-state index in [1.54, 1.807) is 7.11 Å². The van der Waals surface area contributed by atoms with Gasteiger partial charge in [-0.15, -0.1) is 0 Å². The van der Waals surface area contributed by atoms with Crippen LogP contribution in [0.2, 0.25) is 0 Å². The van der Waals surface area contributed by atoms with Gasteiger partial charge >= 0.3 is 0 Å². The molecular formula is C17H26N2O2. The third-order valence-electron chi connectivity index (χ3n) is 4.06. The molecule has 0 spiro atoms. The minimum Gasteiger partial charge on any atom is -0.384 e. The lowest BCUT2D eigenvalue weighted by Gasteiger charge is -2.28. The van der Waals surface area contributed by atoms with Crippen LogP contribution in [0, 0.1) is 19.8 Å². The number of aryl methyl sites for hydroxylation is 2. The average molecular weight is 290 g/mol. The molecular weight excluding hydrogens is 264 g/mol. The van der Waals surface area contributed by atoms with Crippen LogP contribution in [0.1, 0.15) is 36.7 Å². The molecule has 116 valence electrons. The molecule has 0 bridgehead atoms. The summed E-state index contributed by atoms with van der Waals surface area (Å²) in [4.78, 5) is 14.4. The third kappa shape index (κ3) is 3.44. The Balaban J connectivity index is 2.27. The van der Waals surface area contributed by atoms with Crippen LogP contribution in [-0.4, -0.2) is 37.1 Å². The maximum absolute atomic E-state index is 12.4. The van der Waals surface area contributed by atoms with Gasteiger partial charge in [0.15, 0.2) is 0 Å². The standard InChI is InChI=1S/C17H26N2O2/c1-11-6-7-13(3)15(8-11)16-18-14(4)17(20)19(16)9-12(2)10-21-5/h6-8,12,14,16,18H,9-10H2,1-5H3. The van der Waals surface area contributed by atoms with Crippen molar-refractivity contribution >= 4 is 5.91 Å². The summed E-state index contributed by atoms with van der Waals surface area (Å²) in [7, 11) is 1.70. The summed E-state index contributed by atoms with van der Waals surface area (Å²) in [6.07, 6.45) is -0.0355. The summed E-state index contributed by atoms with van der Waals surface area (Å²) in [5.74, 6) is 0.488. The average Bonchev–Trinajstić information content (AvgIpc) is 2.70. The van der Waals surface area contributed by atoms with E-state index in [2.05, 4.69) is 44.3 Å². The number of methoxy groups -OCH3 is 1. The molecule has 1 aliphatic heterocycles. The van der Waals surface area contributed by atoms with Crippen molar-refractivity contribution in [2.24, 2.45) is 5.92 Å². The van der Waals surface area contributed by atoms with Crippen LogP contribution in [0.15, 0.2) is 18.2 Å². The van der Waals surface area contributed by atoms with Crippen LogP contribution in [0.3, 0.4) is 0 Å². The number of carbonyl (C=O) groups excluding carboxylic acids is 1. The number of ether oxygens (including phenoxy) is 1. The highest BCUT2D eigenvalue weighted by Gasteiger charge is 2.38. The first kappa shape index (κ1) is 16.0. The molecule has 2 rings (SSSR count). The Morgan fingerprint density at radius 1 is 1.38 bits per heavy atom. The molecule has 0 saturated carbocycles. The van der Waals surface area contributed by atoms with Crippen LogP contribution in [0.4, 0.5) is 0 Å². The second-order valence-corrected chi connectivity index (χ2v) is 6.20. The van der Waals surface area contributed by atoms with E-state index in [4.69, 9.17) is 4.74 Å². The number of carbonyl (C=O) groups is 1. The van der Waals surface area contributed by atoms with Crippen molar-refractivity contribution < 1.29 is 9.53 Å². The highest BCUT2D eigenvalue weighted by molar-refractivity contribution is 5.84. The van der Waals surface area contributed by atoms with Crippen LogP contribution >= 0.6 is 0 Å². The second kappa shape index (κ2) is 6.58. The lowest BCUT2D eigenvalue weighted by Crippen LogP contribution is -2.35. The van der Waals surface area contributed by atoms with E-state index in [0.29, 0.717) is 19.1 Å². The van der Waals surface area contributed by atoms with Gasteiger partial charge in [-0.25, -0.2) is 0 Å². The van der Waals surface area contributed by atoms with Gasteiger partial charge in [-0.3, -0.25) is 10.1 Å². The lowest BCUT2D eigenvalue weighted by molar-refractivity contribution is -0.130. The first-order chi connectivity index (χ1) is 9.93. The fourth-order valence-corrected chi connectivity index (χ4v) is 2.95. The van der Waals surface area contributed by atoms with Gasteiger partial charge in [0.2, 0.25) is 5.91 Å². The monoisotopic (exact) mass is 290 g/mol. The van der Waals surface area contributed by atoms with E-state index >= 15 is 0 Å². The van der Waals surface area contributed by atoms with E-state index in [-0.39, 0.29) is 18.1 Å². The van der Waals surface area contributed by atoms with E-state index < -0.39 is 0 Å². The molecule has 1 fully saturated rings. The lowest BCUT2D eigenvalue weighted by atomic mass is 10.0. The van der Waals surface area contributed by atoms with Crippen LogP contribution in [0.25, 0.3) is 0 Å². The number of benzene rings is 1. The summed E-state index contributed by atoms with van der Waals surface area (Å²) in [6, 6.07) is 6.27. The molecule has 4 heteroatoms. The van der Waals surface area contributed by atoms with Gasteiger partial charge in [0.25, 0.3) is 0 Å². The van der Waals surface area contributed by atoms with Crippen LogP contribution in [0.5, 0.6) is 0 Å². The Morgan fingerprint density at radius 3 is 2.76 bits per heavy atom. The van der Waals surface area contributed by atoms with Crippen molar-refractivity contribution in [2.45, 2.75) is 39.9 Å². The normalized spacial score (nSPS) is 23.7. The first-order valence-corrected chi connectivity index (χ1v) is 7.56. The number of nitrogens with zero attached hydrogens (tertiary/aromatic N) is 1. The fraction of sp³-hybridized carbons (Fsp3) is 0.588. The molecule has 21 heavy (non-hydrogen) atoms. The number of rotatable bonds is 5. The largest absolute Gasteiger partial charge is 0.384 e. The van der Waals surface area contributed by atoms with Crippen molar-refractivity contribution in [3.8, 4) is 0 Å². The Bertz CT molecular complexity index is 516. The van der Waals surface area contributed by atoms with Crippen molar-refractivity contribution in [1.82, 2.24) is 10.2 Å². The zero-order valence-corrected chi connectivity index (χ0v) is 13.6. The summed E-state index contributed by atoms with van der Waals surface area (Å²) >= 11 is 0. The smallest absolute Gasteiger partial charge is 0.241 e. The van der Waals surface area contributed by atoms with Gasteiger partial charge in [-0.1, -0.05) is 30.7 Å². The predicted octanol–water partition coefficient (Wildman–Crippen LogP) is 2.40. The zero-order valence-electron chi connectivity index (χ0n) is 13.6. The fourth-order valence-electron chi connectivity index (χ4n) is 2.95. The molecule has 1 amide bonds. The molecule has 1 saturated heterocycles. The SMILES string of the molecule is COCC(C)CN1C(=O)C(C)NC1c1cc(C)ccc1C. The summed E-state index contributed by atoms with van der Waals surface area (Å²) in [6.45, 7) is 9.60. The minimum absolute atomic E-state index is 0.0355. The number of hydrogen-bond donors (Lipinski definition) is 1. The van der Waals surface area contributed by atoms with Gasteiger partial charge in [-0.2, -0.15) is 0 Å². The van der Waals surface area contributed by atoms with Crippen molar-refractivity contribution in [2.75, 3.05) is 20.3 Å². The molecule has 1 aliphatic rings. The molecule has 3 unspecified atom stereocenters. The number of nitrogens with one attached hydrogen (secondary N) is 1. The van der Waals surface area contributed by atoms with E-state index in [1.807, 2.05) is 11.8 Å². The third-order valence-corrected chi connectivity index (χ3v) is 4.06. The molecule has 1 aromatic rings. The van der Waals surface area contributed by atoms with Crippen molar-refractivity contribution in [3.05, 3.63) is 34.9 Å². The van der Waals surface area contributed by atoms with Gasteiger partial charge in [0, 0.05) is 13.7 Å². The Morgan fingerprint density at radius 2 is 2.10 bits per heavy atom. The molecule has 1 aromatic carbocycles. The maximum Gasteiger partial charge on any atom is 0.241 e. The minimum atomic E-state index is -0.135. The predicted molar refractivity (Wildman–Crippen MR) is 84.0 cm³/mol. The topological polar surface area (TPSA) is 41.6 Å². The molecule has 0 aliphatic carbocycles. The van der Waals surface area contributed by atoms with Crippen molar-refractivity contribution in [3.63, 3.8) is 0 Å². The van der Waals surface area contributed by atoms with Gasteiger partial charge in [0.05, 0.1) is 12.6 Å². The molecule has 3 atom stereocenters. The molecule has 4 nitrogen and oxygen atoms in total. The van der Waals surface area contributed by atoms with E-state index in [1.165, 1.54) is 16.7 Å². The Kier molecular flexibility index (Phi) is 5.01. The van der Waals surface area contributed by atoms with E-state index in [9.17, 15) is 4.79 Å². The summed E-state index contributed by atoms with van der Waals surface area (Å²) in [5.41, 5.74) is 3.62. The van der Waals surface area contributed by atoms with E-state index in [0.717, 1.165) is 0 Å². The van der Waals surface area contributed by atoms with Crippen molar-refractivity contribution in [1.29, 1.82) is 0 Å². The quantitative estimate of drug-likeness (QED) is 0.905. The summed E-state index contributed by atoms with van der Waals surface area (Å²) in [5, 5.41) is 3.42. The van der Waals surface area contributed by atoms with Gasteiger partial charge in [-0.05, 0) is 37.8 Å². The Hall–Kier alpha value is -1.39. The highest BCUT2D eigenvalue weighted by atomic mass is 16.5. The van der Waals surface area contributed by atoms with Crippen LogP contribution < -0.4 is 5.32 Å². The first-order valence-electron chi connectivity index (χ1n) is 7.56. The summed E-state index contributed by atoms with van der Waals surface area (Å²) < 4.78 is 5.20. The van der Waals surface area contributed by atoms with Gasteiger partial charge in [0.1, 0.15) is 6.17 Å². The highest BCUT2D eigenvalue weighted by Crippen LogP contribution is 2.29.